The molecule has 19 heavy (non-hydrogen) atoms. The summed E-state index contributed by atoms with van der Waals surface area (Å²) in [6.45, 7) is 0.183. The van der Waals surface area contributed by atoms with Crippen molar-refractivity contribution in [2.75, 3.05) is 21.3 Å². The molecule has 0 unspecified atom stereocenters. The van der Waals surface area contributed by atoms with E-state index in [1.54, 1.807) is 33.5 Å². The van der Waals surface area contributed by atoms with Gasteiger partial charge in [-0.1, -0.05) is 5.16 Å². The molecule has 0 aliphatic carbocycles. The van der Waals surface area contributed by atoms with Crippen molar-refractivity contribution in [3.8, 4) is 28.6 Å². The van der Waals surface area contributed by atoms with Crippen LogP contribution in [0.15, 0.2) is 16.7 Å². The van der Waals surface area contributed by atoms with Gasteiger partial charge in [-0.25, -0.2) is 0 Å². The lowest BCUT2D eigenvalue weighted by Gasteiger charge is -2.12. The number of methoxy groups -OCH3 is 3. The molecule has 2 aromatic rings. The number of nitrogens with zero attached hydrogens (tertiary/aromatic N) is 2. The molecule has 0 spiro atoms. The van der Waals surface area contributed by atoms with Crippen LogP contribution < -0.4 is 19.9 Å². The van der Waals surface area contributed by atoms with Gasteiger partial charge in [-0.3, -0.25) is 0 Å². The molecular weight excluding hydrogens is 250 g/mol. The van der Waals surface area contributed by atoms with Crippen LogP contribution in [0.5, 0.6) is 17.2 Å². The molecule has 0 fully saturated rings. The zero-order valence-corrected chi connectivity index (χ0v) is 11.0. The molecule has 1 aromatic heterocycles. The van der Waals surface area contributed by atoms with Crippen molar-refractivity contribution < 1.29 is 18.7 Å². The predicted octanol–water partition coefficient (Wildman–Crippen LogP) is 1.22. The van der Waals surface area contributed by atoms with Gasteiger partial charge < -0.3 is 24.5 Å². The number of hydrogen-bond donors (Lipinski definition) is 1. The van der Waals surface area contributed by atoms with Crippen molar-refractivity contribution in [1.82, 2.24) is 10.1 Å². The van der Waals surface area contributed by atoms with Gasteiger partial charge in [0.2, 0.25) is 11.7 Å². The Hall–Kier alpha value is -2.28. The van der Waals surface area contributed by atoms with Crippen LogP contribution in [0.1, 0.15) is 5.89 Å². The zero-order chi connectivity index (χ0) is 13.8. The summed E-state index contributed by atoms with van der Waals surface area (Å²) in [4.78, 5) is 4.16. The van der Waals surface area contributed by atoms with Gasteiger partial charge >= 0.3 is 0 Å². The Labute approximate surface area is 110 Å². The van der Waals surface area contributed by atoms with Crippen LogP contribution >= 0.6 is 0 Å². The fraction of sp³-hybridized carbons (Fsp3) is 0.333. The summed E-state index contributed by atoms with van der Waals surface area (Å²) in [5.74, 6) is 2.41. The molecule has 0 aliphatic rings. The Kier molecular flexibility index (Phi) is 3.86. The van der Waals surface area contributed by atoms with Crippen LogP contribution in [-0.4, -0.2) is 31.5 Å². The second-order valence-corrected chi connectivity index (χ2v) is 3.62. The van der Waals surface area contributed by atoms with Gasteiger partial charge in [0.15, 0.2) is 11.5 Å². The highest BCUT2D eigenvalue weighted by Gasteiger charge is 2.17. The second kappa shape index (κ2) is 5.57. The first-order chi connectivity index (χ1) is 9.23. The lowest BCUT2D eigenvalue weighted by molar-refractivity contribution is 0.349. The minimum Gasteiger partial charge on any atom is -0.496 e. The van der Waals surface area contributed by atoms with Crippen LogP contribution in [0, 0.1) is 0 Å². The number of ether oxygens (including phenoxy) is 3. The number of benzene rings is 1. The molecular formula is C12H15N3O4. The van der Waals surface area contributed by atoms with Crippen molar-refractivity contribution in [3.63, 3.8) is 0 Å². The third kappa shape index (κ3) is 2.45. The van der Waals surface area contributed by atoms with E-state index in [0.717, 1.165) is 0 Å². The van der Waals surface area contributed by atoms with Crippen LogP contribution in [0.25, 0.3) is 11.4 Å². The van der Waals surface area contributed by atoms with E-state index < -0.39 is 0 Å². The molecule has 7 nitrogen and oxygen atoms in total. The number of nitrogens with two attached hydrogens (primary N) is 1. The Morgan fingerprint density at radius 3 is 2.21 bits per heavy atom. The summed E-state index contributed by atoms with van der Waals surface area (Å²) < 4.78 is 20.7. The quantitative estimate of drug-likeness (QED) is 0.868. The summed E-state index contributed by atoms with van der Waals surface area (Å²) in [6.07, 6.45) is 0. The smallest absolute Gasteiger partial charge is 0.240 e. The maximum Gasteiger partial charge on any atom is 0.240 e. The fourth-order valence-electron chi connectivity index (χ4n) is 1.65. The van der Waals surface area contributed by atoms with Crippen molar-refractivity contribution in [2.45, 2.75) is 6.54 Å². The summed E-state index contributed by atoms with van der Waals surface area (Å²) in [7, 11) is 4.65. The Morgan fingerprint density at radius 2 is 1.68 bits per heavy atom. The largest absolute Gasteiger partial charge is 0.496 e. The molecule has 0 aliphatic heterocycles. The number of aromatic nitrogens is 2. The first-order valence-corrected chi connectivity index (χ1v) is 5.56. The molecule has 1 aromatic carbocycles. The van der Waals surface area contributed by atoms with E-state index >= 15 is 0 Å². The predicted molar refractivity (Wildman–Crippen MR) is 67.3 cm³/mol. The molecule has 1 heterocycles. The van der Waals surface area contributed by atoms with Gasteiger partial charge in [-0.15, -0.1) is 0 Å². The van der Waals surface area contributed by atoms with Crippen molar-refractivity contribution in [2.24, 2.45) is 5.73 Å². The Bertz CT molecular complexity index is 568. The minimum absolute atomic E-state index is 0.183. The average Bonchev–Trinajstić information content (AvgIpc) is 2.94. The number of rotatable bonds is 5. The molecule has 0 saturated carbocycles. The van der Waals surface area contributed by atoms with Gasteiger partial charge in [0.05, 0.1) is 33.4 Å². The molecule has 0 amide bonds. The second-order valence-electron chi connectivity index (χ2n) is 3.62. The molecule has 2 N–H and O–H groups in total. The van der Waals surface area contributed by atoms with Crippen LogP contribution in [0.2, 0.25) is 0 Å². The van der Waals surface area contributed by atoms with Crippen LogP contribution in [0.4, 0.5) is 0 Å². The maximum absolute atomic E-state index is 5.44. The Morgan fingerprint density at radius 1 is 1.05 bits per heavy atom. The highest BCUT2D eigenvalue weighted by molar-refractivity contribution is 5.69. The van der Waals surface area contributed by atoms with E-state index in [0.29, 0.717) is 34.5 Å². The topological polar surface area (TPSA) is 92.6 Å². The van der Waals surface area contributed by atoms with Gasteiger partial charge in [-0.2, -0.15) is 4.98 Å². The SMILES string of the molecule is COc1cc(OC)c(-c2noc(CN)n2)cc1OC. The molecule has 0 saturated heterocycles. The first kappa shape index (κ1) is 13.2. The summed E-state index contributed by atoms with van der Waals surface area (Å²) in [6, 6.07) is 3.43. The average molecular weight is 265 g/mol. The van der Waals surface area contributed by atoms with Gasteiger partial charge in [0.1, 0.15) is 5.75 Å². The van der Waals surface area contributed by atoms with Crippen molar-refractivity contribution in [1.29, 1.82) is 0 Å². The highest BCUT2D eigenvalue weighted by atomic mass is 16.5. The van der Waals surface area contributed by atoms with Crippen LogP contribution in [-0.2, 0) is 6.54 Å². The minimum atomic E-state index is 0.183. The zero-order valence-electron chi connectivity index (χ0n) is 11.0. The van der Waals surface area contributed by atoms with E-state index in [4.69, 9.17) is 24.5 Å². The van der Waals surface area contributed by atoms with Crippen molar-refractivity contribution in [3.05, 3.63) is 18.0 Å². The lowest BCUT2D eigenvalue weighted by Crippen LogP contribution is -1.97. The standard InChI is InChI=1S/C12H15N3O4/c1-16-8-5-10(18-3)9(17-2)4-7(8)12-14-11(6-13)19-15-12/h4-5H,6,13H2,1-3H3. The van der Waals surface area contributed by atoms with Gasteiger partial charge in [0.25, 0.3) is 0 Å². The molecule has 0 atom stereocenters. The molecule has 0 bridgehead atoms. The maximum atomic E-state index is 5.44. The normalized spacial score (nSPS) is 10.3. The molecule has 102 valence electrons. The van der Waals surface area contributed by atoms with E-state index in [9.17, 15) is 0 Å². The van der Waals surface area contributed by atoms with Crippen molar-refractivity contribution >= 4 is 0 Å². The van der Waals surface area contributed by atoms with E-state index in [1.165, 1.54) is 0 Å². The molecule has 7 heteroatoms. The van der Waals surface area contributed by atoms with Gasteiger partial charge in [0, 0.05) is 6.07 Å². The molecule has 0 radical (unpaired) electrons. The van der Waals surface area contributed by atoms with Crippen LogP contribution in [0.3, 0.4) is 0 Å². The third-order valence-corrected chi connectivity index (χ3v) is 2.59. The first-order valence-electron chi connectivity index (χ1n) is 5.56. The van der Waals surface area contributed by atoms with Gasteiger partial charge in [-0.05, 0) is 6.07 Å². The highest BCUT2D eigenvalue weighted by Crippen LogP contribution is 2.38. The van der Waals surface area contributed by atoms with E-state index in [1.807, 2.05) is 0 Å². The fourth-order valence-corrected chi connectivity index (χ4v) is 1.65. The summed E-state index contributed by atoms with van der Waals surface area (Å²) >= 11 is 0. The third-order valence-electron chi connectivity index (χ3n) is 2.59. The van der Waals surface area contributed by atoms with E-state index in [2.05, 4.69) is 10.1 Å². The summed E-state index contributed by atoms with van der Waals surface area (Å²) in [5.41, 5.74) is 6.08. The lowest BCUT2D eigenvalue weighted by atomic mass is 10.1. The Balaban J connectivity index is 2.54. The monoisotopic (exact) mass is 265 g/mol. The molecule has 2 rings (SSSR count). The van der Waals surface area contributed by atoms with E-state index in [-0.39, 0.29) is 6.54 Å². The number of hydrogen-bond acceptors (Lipinski definition) is 7. The summed E-state index contributed by atoms with van der Waals surface area (Å²) in [5, 5.41) is 3.85.